The Morgan fingerprint density at radius 1 is 1.00 bits per heavy atom. The van der Waals surface area contributed by atoms with Crippen LogP contribution in [0.4, 0.5) is 13.2 Å². The topological polar surface area (TPSA) is 55.4 Å². The first-order valence-corrected chi connectivity index (χ1v) is 7.90. The smallest absolute Gasteiger partial charge is 0.416 e. The van der Waals surface area contributed by atoms with Crippen molar-refractivity contribution in [3.05, 3.63) is 69.7 Å². The molecule has 2 rings (SSSR count). The lowest BCUT2D eigenvalue weighted by Gasteiger charge is -2.09. The predicted octanol–water partition coefficient (Wildman–Crippen LogP) is 3.94. The van der Waals surface area contributed by atoms with Gasteiger partial charge in [-0.15, -0.1) is 0 Å². The van der Waals surface area contributed by atoms with Crippen molar-refractivity contribution in [2.45, 2.75) is 12.8 Å². The minimum absolute atomic E-state index is 0.175. The van der Waals surface area contributed by atoms with Crippen molar-refractivity contribution >= 4 is 27.8 Å². The minimum atomic E-state index is -4.41. The van der Waals surface area contributed by atoms with E-state index in [9.17, 15) is 22.8 Å². The van der Waals surface area contributed by atoms with Crippen molar-refractivity contribution in [3.8, 4) is 0 Å². The second kappa shape index (κ2) is 8.15. The van der Waals surface area contributed by atoms with E-state index < -0.39 is 23.6 Å². The number of alkyl halides is 3. The van der Waals surface area contributed by atoms with Gasteiger partial charge < -0.3 is 10.1 Å². The van der Waals surface area contributed by atoms with Gasteiger partial charge in [-0.2, -0.15) is 13.2 Å². The normalized spacial score (nSPS) is 11.0. The van der Waals surface area contributed by atoms with E-state index in [2.05, 4.69) is 21.2 Å². The van der Waals surface area contributed by atoms with Gasteiger partial charge in [0, 0.05) is 10.0 Å². The fourth-order valence-corrected chi connectivity index (χ4v) is 2.12. The van der Waals surface area contributed by atoms with Crippen molar-refractivity contribution in [1.29, 1.82) is 0 Å². The van der Waals surface area contributed by atoms with E-state index in [1.54, 1.807) is 24.3 Å². The van der Waals surface area contributed by atoms with Crippen molar-refractivity contribution in [2.75, 3.05) is 6.54 Å². The van der Waals surface area contributed by atoms with Crippen LogP contribution in [-0.4, -0.2) is 18.4 Å². The first kappa shape index (κ1) is 19.0. The summed E-state index contributed by atoms with van der Waals surface area (Å²) in [5.74, 6) is -1.12. The zero-order chi connectivity index (χ0) is 18.4. The lowest BCUT2D eigenvalue weighted by molar-refractivity contribution is -0.143. The third-order valence-corrected chi connectivity index (χ3v) is 3.71. The molecule has 0 aliphatic carbocycles. The largest absolute Gasteiger partial charge is 0.460 e. The Bertz CT molecular complexity index is 743. The molecule has 0 saturated carbocycles. The molecule has 0 unspecified atom stereocenters. The molecule has 1 amide bonds. The van der Waals surface area contributed by atoms with Crippen molar-refractivity contribution in [1.82, 2.24) is 5.32 Å². The molecule has 0 spiro atoms. The van der Waals surface area contributed by atoms with Crippen molar-refractivity contribution < 1.29 is 27.5 Å². The third kappa shape index (κ3) is 5.90. The highest BCUT2D eigenvalue weighted by Crippen LogP contribution is 2.29. The molecule has 25 heavy (non-hydrogen) atoms. The van der Waals surface area contributed by atoms with Gasteiger partial charge >= 0.3 is 12.1 Å². The number of carbonyl (C=O) groups excluding carboxylic acids is 2. The summed E-state index contributed by atoms with van der Waals surface area (Å²) in [5.41, 5.74) is 0.0312. The molecule has 0 aliphatic heterocycles. The van der Waals surface area contributed by atoms with E-state index >= 15 is 0 Å². The molecule has 0 aliphatic rings. The highest BCUT2D eigenvalue weighted by molar-refractivity contribution is 9.10. The van der Waals surface area contributed by atoms with Crippen LogP contribution in [0.1, 0.15) is 21.5 Å². The molecule has 132 valence electrons. The third-order valence-electron chi connectivity index (χ3n) is 3.18. The molecule has 2 aromatic rings. The molecule has 0 radical (unpaired) electrons. The Morgan fingerprint density at radius 3 is 2.16 bits per heavy atom. The number of amides is 1. The molecule has 0 saturated heterocycles. The van der Waals surface area contributed by atoms with Crippen LogP contribution in [-0.2, 0) is 22.3 Å². The Labute approximate surface area is 150 Å². The maximum Gasteiger partial charge on any atom is 0.416 e. The summed E-state index contributed by atoms with van der Waals surface area (Å²) in [5, 5.41) is 2.41. The molecule has 0 aromatic heterocycles. The molecule has 0 heterocycles. The quantitative estimate of drug-likeness (QED) is 0.752. The maximum atomic E-state index is 12.4. The number of rotatable bonds is 5. The second-order valence-electron chi connectivity index (χ2n) is 5.04. The lowest BCUT2D eigenvalue weighted by atomic mass is 10.1. The van der Waals surface area contributed by atoms with Gasteiger partial charge in [0.05, 0.1) is 5.56 Å². The summed E-state index contributed by atoms with van der Waals surface area (Å²) in [7, 11) is 0. The highest BCUT2D eigenvalue weighted by Gasteiger charge is 2.29. The molecule has 4 nitrogen and oxygen atoms in total. The van der Waals surface area contributed by atoms with Crippen LogP contribution in [0.2, 0.25) is 0 Å². The van der Waals surface area contributed by atoms with E-state index in [4.69, 9.17) is 4.74 Å². The number of halogens is 4. The lowest BCUT2D eigenvalue weighted by Crippen LogP contribution is -2.30. The van der Waals surface area contributed by atoms with Crippen LogP contribution in [0, 0.1) is 0 Å². The SMILES string of the molecule is O=C(CNC(=O)c1ccc(Br)cc1)OCc1ccc(C(F)(F)F)cc1. The van der Waals surface area contributed by atoms with Gasteiger partial charge in [0.2, 0.25) is 0 Å². The summed E-state index contributed by atoms with van der Waals surface area (Å²) in [6.45, 7) is -0.513. The Balaban J connectivity index is 1.79. The summed E-state index contributed by atoms with van der Waals surface area (Å²) < 4.78 is 43.1. The monoisotopic (exact) mass is 415 g/mol. The molecule has 0 atom stereocenters. The number of hydrogen-bond donors (Lipinski definition) is 1. The average molecular weight is 416 g/mol. The van der Waals surface area contributed by atoms with E-state index in [-0.39, 0.29) is 13.2 Å². The van der Waals surface area contributed by atoms with Gasteiger partial charge in [-0.3, -0.25) is 9.59 Å². The Morgan fingerprint density at radius 2 is 1.60 bits per heavy atom. The fourth-order valence-electron chi connectivity index (χ4n) is 1.86. The fraction of sp³-hybridized carbons (Fsp3) is 0.176. The maximum absolute atomic E-state index is 12.4. The van der Waals surface area contributed by atoms with Crippen LogP contribution >= 0.6 is 15.9 Å². The first-order valence-electron chi connectivity index (χ1n) is 7.11. The molecular weight excluding hydrogens is 403 g/mol. The zero-order valence-corrected chi connectivity index (χ0v) is 14.4. The highest BCUT2D eigenvalue weighted by atomic mass is 79.9. The molecule has 1 N–H and O–H groups in total. The predicted molar refractivity (Wildman–Crippen MR) is 87.7 cm³/mol. The van der Waals surface area contributed by atoms with Gasteiger partial charge in [-0.1, -0.05) is 28.1 Å². The van der Waals surface area contributed by atoms with Crippen molar-refractivity contribution in [3.63, 3.8) is 0 Å². The molecule has 0 bridgehead atoms. The van der Waals surface area contributed by atoms with E-state index in [1.165, 1.54) is 12.1 Å². The molecule has 2 aromatic carbocycles. The van der Waals surface area contributed by atoms with Crippen LogP contribution in [0.15, 0.2) is 53.0 Å². The van der Waals surface area contributed by atoms with Crippen LogP contribution in [0.25, 0.3) is 0 Å². The number of benzene rings is 2. The molecule has 0 fully saturated rings. The number of ether oxygens (including phenoxy) is 1. The van der Waals surface area contributed by atoms with Crippen molar-refractivity contribution in [2.24, 2.45) is 0 Å². The van der Waals surface area contributed by atoms with Gasteiger partial charge in [-0.05, 0) is 42.0 Å². The standard InChI is InChI=1S/C17H13BrF3NO3/c18-14-7-3-12(4-8-14)16(24)22-9-15(23)25-10-11-1-5-13(6-2-11)17(19,20)21/h1-8H,9-10H2,(H,22,24). The Hall–Kier alpha value is -2.35. The van der Waals surface area contributed by atoms with Gasteiger partial charge in [0.15, 0.2) is 0 Å². The van der Waals surface area contributed by atoms with Gasteiger partial charge in [0.1, 0.15) is 13.2 Å². The number of nitrogens with one attached hydrogen (secondary N) is 1. The van der Waals surface area contributed by atoms with Crippen LogP contribution in [0.5, 0.6) is 0 Å². The van der Waals surface area contributed by atoms with E-state index in [1.807, 2.05) is 0 Å². The summed E-state index contributed by atoms with van der Waals surface area (Å²) >= 11 is 3.25. The first-order chi connectivity index (χ1) is 11.8. The zero-order valence-electron chi connectivity index (χ0n) is 12.8. The number of carbonyl (C=O) groups is 2. The van der Waals surface area contributed by atoms with Crippen LogP contribution < -0.4 is 5.32 Å². The summed E-state index contributed by atoms with van der Waals surface area (Å²) in [6.07, 6.45) is -4.41. The average Bonchev–Trinajstić information content (AvgIpc) is 2.58. The van der Waals surface area contributed by atoms with Gasteiger partial charge in [-0.25, -0.2) is 0 Å². The molecular formula is C17H13BrF3NO3. The molecule has 8 heteroatoms. The summed E-state index contributed by atoms with van der Waals surface area (Å²) in [6, 6.07) is 10.9. The Kier molecular flexibility index (Phi) is 6.19. The van der Waals surface area contributed by atoms with E-state index in [0.29, 0.717) is 11.1 Å². The van der Waals surface area contributed by atoms with Gasteiger partial charge in [0.25, 0.3) is 5.91 Å². The minimum Gasteiger partial charge on any atom is -0.460 e. The number of esters is 1. The van der Waals surface area contributed by atoms with E-state index in [0.717, 1.165) is 16.6 Å². The number of hydrogen-bond acceptors (Lipinski definition) is 3. The summed E-state index contributed by atoms with van der Waals surface area (Å²) in [4.78, 5) is 23.4. The van der Waals surface area contributed by atoms with Crippen LogP contribution in [0.3, 0.4) is 0 Å². The second-order valence-corrected chi connectivity index (χ2v) is 5.96.